The number of carbonyl (C=O) groups is 2. The highest BCUT2D eigenvalue weighted by Gasteiger charge is 2.21. The van der Waals surface area contributed by atoms with Gasteiger partial charge in [0.1, 0.15) is 11.9 Å². The predicted octanol–water partition coefficient (Wildman–Crippen LogP) is -2.09. The number of sulfone groups is 1. The van der Waals surface area contributed by atoms with Gasteiger partial charge < -0.3 is 16.2 Å². The van der Waals surface area contributed by atoms with Crippen molar-refractivity contribution < 1.29 is 23.1 Å². The van der Waals surface area contributed by atoms with E-state index in [-0.39, 0.29) is 0 Å². The molecule has 0 fully saturated rings. The van der Waals surface area contributed by atoms with Crippen molar-refractivity contribution in [2.75, 3.05) is 11.6 Å². The molecule has 0 aromatic heterocycles. The van der Waals surface area contributed by atoms with Gasteiger partial charge in [0.25, 0.3) is 0 Å². The van der Waals surface area contributed by atoms with Crippen LogP contribution in [0.4, 0.5) is 0 Å². The van der Waals surface area contributed by atoms with Crippen LogP contribution >= 0.6 is 0 Å². The van der Waals surface area contributed by atoms with Crippen LogP contribution in [-0.4, -0.2) is 43.1 Å². The van der Waals surface area contributed by atoms with E-state index in [1.807, 2.05) is 0 Å². The summed E-state index contributed by atoms with van der Waals surface area (Å²) in [4.78, 5) is 20.6. The van der Waals surface area contributed by atoms with Gasteiger partial charge in [0.15, 0.2) is 9.84 Å². The lowest BCUT2D eigenvalue weighted by Gasteiger charge is -2.07. The van der Waals surface area contributed by atoms with Gasteiger partial charge in [-0.25, -0.2) is 8.42 Å². The van der Waals surface area contributed by atoms with E-state index >= 15 is 0 Å². The van der Waals surface area contributed by atoms with E-state index in [0.29, 0.717) is 0 Å². The van der Waals surface area contributed by atoms with Gasteiger partial charge in [0.05, 0.1) is 5.75 Å². The summed E-state index contributed by atoms with van der Waals surface area (Å²) >= 11 is 0. The molecule has 0 rings (SSSR count). The van der Waals surface area contributed by atoms with Crippen LogP contribution in [0, 0.1) is 0 Å². The molecule has 7 nitrogen and oxygen atoms in total. The van der Waals surface area contributed by atoms with E-state index in [1.54, 1.807) is 0 Å². The maximum Gasteiger partial charge on any atom is 0.321 e. The number of aliphatic carboxylic acids is 1. The van der Waals surface area contributed by atoms with Crippen LogP contribution in [0.2, 0.25) is 0 Å². The molecular formula is C6H12N2O5S. The molecule has 0 radical (unpaired) electrons. The van der Waals surface area contributed by atoms with Crippen LogP contribution in [-0.2, 0) is 19.4 Å². The quantitative estimate of drug-likeness (QED) is 0.491. The zero-order chi connectivity index (χ0) is 11.4. The summed E-state index contributed by atoms with van der Waals surface area (Å²) in [5, 5.41) is 10.4. The predicted molar refractivity (Wildman–Crippen MR) is 48.1 cm³/mol. The van der Waals surface area contributed by atoms with Gasteiger partial charge in [-0.05, 0) is 0 Å². The van der Waals surface area contributed by atoms with Crippen LogP contribution < -0.4 is 11.1 Å². The average Bonchev–Trinajstić information content (AvgIpc) is 2.00. The molecule has 0 aliphatic heterocycles. The Labute approximate surface area is 81.2 Å². The molecule has 0 spiro atoms. The third kappa shape index (κ3) is 5.49. The lowest BCUT2D eigenvalue weighted by atomic mass is 10.4. The van der Waals surface area contributed by atoms with Gasteiger partial charge >= 0.3 is 5.97 Å². The topological polar surface area (TPSA) is 127 Å². The molecule has 1 unspecified atom stereocenters. The Hall–Kier alpha value is -1.15. The van der Waals surface area contributed by atoms with Gasteiger partial charge in [-0.1, -0.05) is 0 Å². The number of hydrogen-bond donors (Lipinski definition) is 3. The summed E-state index contributed by atoms with van der Waals surface area (Å²) < 4.78 is 22.2. The highest BCUT2D eigenvalue weighted by atomic mass is 32.2. The van der Waals surface area contributed by atoms with Crippen LogP contribution in [0.1, 0.15) is 6.92 Å². The molecule has 0 saturated carbocycles. The first-order valence-corrected chi connectivity index (χ1v) is 5.50. The van der Waals surface area contributed by atoms with Crippen molar-refractivity contribution in [2.24, 2.45) is 5.73 Å². The number of carboxylic acids is 1. The third-order valence-corrected chi connectivity index (χ3v) is 2.74. The number of nitrogens with one attached hydrogen (secondary N) is 1. The molecular weight excluding hydrogens is 212 g/mol. The van der Waals surface area contributed by atoms with Crippen LogP contribution in [0.15, 0.2) is 0 Å². The van der Waals surface area contributed by atoms with E-state index in [4.69, 9.17) is 10.8 Å². The number of amides is 1. The van der Waals surface area contributed by atoms with Gasteiger partial charge in [-0.2, -0.15) is 0 Å². The van der Waals surface area contributed by atoms with Crippen LogP contribution in [0.25, 0.3) is 0 Å². The number of rotatable bonds is 5. The first-order valence-electron chi connectivity index (χ1n) is 3.68. The summed E-state index contributed by atoms with van der Waals surface area (Å²) in [6, 6.07) is -1.46. The van der Waals surface area contributed by atoms with Gasteiger partial charge in [0, 0.05) is 6.92 Å². The highest BCUT2D eigenvalue weighted by molar-refractivity contribution is 7.91. The minimum Gasteiger partial charge on any atom is -0.480 e. The smallest absolute Gasteiger partial charge is 0.321 e. The second-order valence-corrected chi connectivity index (χ2v) is 4.84. The number of hydrogen-bond acceptors (Lipinski definition) is 5. The van der Waals surface area contributed by atoms with Crippen molar-refractivity contribution in [3.63, 3.8) is 0 Å². The van der Waals surface area contributed by atoms with Gasteiger partial charge in [-0.15, -0.1) is 0 Å². The Morgan fingerprint density at radius 3 is 2.36 bits per heavy atom. The Kier molecular flexibility index (Phi) is 4.51. The van der Waals surface area contributed by atoms with Crippen molar-refractivity contribution in [1.82, 2.24) is 5.32 Å². The van der Waals surface area contributed by atoms with Crippen molar-refractivity contribution in [1.29, 1.82) is 0 Å². The Morgan fingerprint density at radius 1 is 1.50 bits per heavy atom. The molecule has 82 valence electrons. The molecule has 1 amide bonds. The van der Waals surface area contributed by atoms with E-state index in [9.17, 15) is 18.0 Å². The average molecular weight is 224 g/mol. The summed E-state index contributed by atoms with van der Waals surface area (Å²) in [7, 11) is -3.66. The first-order chi connectivity index (χ1) is 6.24. The molecule has 8 heteroatoms. The van der Waals surface area contributed by atoms with E-state index in [2.05, 4.69) is 5.32 Å². The minimum atomic E-state index is -3.66. The molecule has 0 aliphatic carbocycles. The van der Waals surface area contributed by atoms with E-state index < -0.39 is 39.4 Å². The molecule has 0 aliphatic rings. The van der Waals surface area contributed by atoms with Crippen molar-refractivity contribution in [3.05, 3.63) is 0 Å². The van der Waals surface area contributed by atoms with E-state index in [1.165, 1.54) is 0 Å². The minimum absolute atomic E-state index is 0.502. The molecule has 0 heterocycles. The zero-order valence-electron chi connectivity index (χ0n) is 7.56. The Bertz CT molecular complexity index is 323. The normalized spacial score (nSPS) is 13.3. The van der Waals surface area contributed by atoms with Gasteiger partial charge in [0.2, 0.25) is 5.91 Å². The number of nitrogens with two attached hydrogens (primary N) is 1. The number of carbonyl (C=O) groups excluding carboxylic acids is 1. The second-order valence-electron chi connectivity index (χ2n) is 2.73. The molecule has 0 saturated heterocycles. The maximum atomic E-state index is 11.1. The monoisotopic (exact) mass is 224 g/mol. The summed E-state index contributed by atoms with van der Waals surface area (Å²) in [5.41, 5.74) is 5.02. The van der Waals surface area contributed by atoms with Crippen molar-refractivity contribution >= 4 is 21.7 Å². The SMILES string of the molecule is CC(=O)NCS(=O)(=O)CC(N)C(=O)O. The molecule has 0 aromatic rings. The lowest BCUT2D eigenvalue weighted by Crippen LogP contribution is -2.40. The Morgan fingerprint density at radius 2 is 2.00 bits per heavy atom. The fourth-order valence-corrected chi connectivity index (χ4v) is 1.85. The Balaban J connectivity index is 4.21. The summed E-state index contributed by atoms with van der Waals surface area (Å²) in [5.74, 6) is -3.18. The van der Waals surface area contributed by atoms with Crippen LogP contribution in [0.5, 0.6) is 0 Å². The first kappa shape index (κ1) is 12.8. The molecule has 4 N–H and O–H groups in total. The summed E-state index contributed by atoms with van der Waals surface area (Å²) in [6.45, 7) is 1.16. The molecule has 14 heavy (non-hydrogen) atoms. The zero-order valence-corrected chi connectivity index (χ0v) is 8.37. The molecule has 0 bridgehead atoms. The molecule has 1 atom stereocenters. The maximum absolute atomic E-state index is 11.1. The van der Waals surface area contributed by atoms with Crippen molar-refractivity contribution in [3.8, 4) is 0 Å². The largest absolute Gasteiger partial charge is 0.480 e. The number of carboxylic acid groups (broad SMARTS) is 1. The fourth-order valence-electron chi connectivity index (χ4n) is 0.615. The van der Waals surface area contributed by atoms with Crippen LogP contribution in [0.3, 0.4) is 0 Å². The second kappa shape index (κ2) is 4.91. The lowest BCUT2D eigenvalue weighted by molar-refractivity contribution is -0.138. The molecule has 0 aromatic carbocycles. The fraction of sp³-hybridized carbons (Fsp3) is 0.667. The third-order valence-electron chi connectivity index (χ3n) is 1.29. The summed E-state index contributed by atoms with van der Waals surface area (Å²) in [6.07, 6.45) is 0. The highest BCUT2D eigenvalue weighted by Crippen LogP contribution is 1.91. The standard InChI is InChI=1S/C6H12N2O5S/c1-4(9)8-3-14(12,13)2-5(7)6(10)11/h5H,2-3,7H2,1H3,(H,8,9)(H,10,11). The van der Waals surface area contributed by atoms with Crippen molar-refractivity contribution in [2.45, 2.75) is 13.0 Å². The van der Waals surface area contributed by atoms with Gasteiger partial charge in [-0.3, -0.25) is 9.59 Å². The van der Waals surface area contributed by atoms with E-state index in [0.717, 1.165) is 6.92 Å².